The van der Waals surface area contributed by atoms with Crippen LogP contribution in [0.25, 0.3) is 16.7 Å². The molecular weight excluding hydrogens is 458 g/mol. The molecule has 3 aromatic carbocycles. The number of nitrogens with one attached hydrogen (secondary N) is 1. The van der Waals surface area contributed by atoms with E-state index < -0.39 is 9.84 Å². The fraction of sp³-hybridized carbons (Fsp3) is 0.167. The van der Waals surface area contributed by atoms with Crippen LogP contribution in [0.3, 0.4) is 0 Å². The normalized spacial score (nSPS) is 11.5. The van der Waals surface area contributed by atoms with Gasteiger partial charge >= 0.3 is 0 Å². The van der Waals surface area contributed by atoms with Gasteiger partial charge in [0.15, 0.2) is 15.0 Å². The van der Waals surface area contributed by atoms with Crippen molar-refractivity contribution in [1.29, 1.82) is 0 Å². The van der Waals surface area contributed by atoms with Crippen LogP contribution in [0.5, 0.6) is 5.75 Å². The minimum Gasteiger partial charge on any atom is -0.494 e. The number of ether oxygens (including phenoxy) is 1. The van der Waals surface area contributed by atoms with Gasteiger partial charge in [-0.15, -0.1) is 0 Å². The van der Waals surface area contributed by atoms with Crippen LogP contribution in [0.2, 0.25) is 0 Å². The standard InChI is InChI=1S/C24H23N3O4S2/c1-3-31-19-12-10-18(11-13-19)27-22-7-5-4-6-21(22)26-24(27)32-16-23(28)25-17-8-14-20(15-9-17)33(2,29)30/h4-15H,3,16H2,1-2H3,(H,25,28). The Morgan fingerprint density at radius 2 is 1.73 bits per heavy atom. The van der Waals surface area contributed by atoms with E-state index in [9.17, 15) is 13.2 Å². The van der Waals surface area contributed by atoms with Crippen molar-refractivity contribution >= 4 is 44.2 Å². The lowest BCUT2D eigenvalue weighted by atomic mass is 10.2. The fourth-order valence-corrected chi connectivity index (χ4v) is 4.78. The van der Waals surface area contributed by atoms with Crippen LogP contribution in [0.4, 0.5) is 5.69 Å². The first-order chi connectivity index (χ1) is 15.8. The molecule has 0 aliphatic heterocycles. The highest BCUT2D eigenvalue weighted by Gasteiger charge is 2.15. The van der Waals surface area contributed by atoms with Crippen molar-refractivity contribution in [1.82, 2.24) is 9.55 Å². The van der Waals surface area contributed by atoms with Gasteiger partial charge in [-0.2, -0.15) is 0 Å². The summed E-state index contributed by atoms with van der Waals surface area (Å²) >= 11 is 1.33. The molecule has 33 heavy (non-hydrogen) atoms. The molecule has 4 rings (SSSR count). The topological polar surface area (TPSA) is 90.3 Å². The number of fused-ring (bicyclic) bond motifs is 1. The molecule has 1 aromatic heterocycles. The Bertz CT molecular complexity index is 1380. The van der Waals surface area contributed by atoms with Gasteiger partial charge in [0.05, 0.1) is 28.3 Å². The Morgan fingerprint density at radius 3 is 2.39 bits per heavy atom. The third-order valence-electron chi connectivity index (χ3n) is 4.83. The molecule has 9 heteroatoms. The van der Waals surface area contributed by atoms with Gasteiger partial charge in [0.2, 0.25) is 5.91 Å². The highest BCUT2D eigenvalue weighted by Crippen LogP contribution is 2.29. The van der Waals surface area contributed by atoms with Gasteiger partial charge in [-0.1, -0.05) is 23.9 Å². The third-order valence-corrected chi connectivity index (χ3v) is 6.90. The summed E-state index contributed by atoms with van der Waals surface area (Å²) in [6, 6.07) is 21.7. The SMILES string of the molecule is CCOc1ccc(-n2c(SCC(=O)Nc3ccc(S(C)(=O)=O)cc3)nc3ccccc32)cc1. The van der Waals surface area contributed by atoms with Crippen LogP contribution in [-0.2, 0) is 14.6 Å². The van der Waals surface area contributed by atoms with E-state index in [-0.39, 0.29) is 16.6 Å². The summed E-state index contributed by atoms with van der Waals surface area (Å²) in [7, 11) is -3.28. The summed E-state index contributed by atoms with van der Waals surface area (Å²) in [6.07, 6.45) is 1.15. The van der Waals surface area contributed by atoms with E-state index in [1.807, 2.05) is 60.0 Å². The van der Waals surface area contributed by atoms with Crippen LogP contribution in [0, 0.1) is 0 Å². The first kappa shape index (κ1) is 22.9. The Balaban J connectivity index is 1.52. The van der Waals surface area contributed by atoms with Crippen molar-refractivity contribution in [3.8, 4) is 11.4 Å². The molecule has 0 bridgehead atoms. The zero-order valence-corrected chi connectivity index (χ0v) is 19.8. The predicted octanol–water partition coefficient (Wildman–Crippen LogP) is 4.56. The zero-order valence-electron chi connectivity index (χ0n) is 18.2. The number of hydrogen-bond donors (Lipinski definition) is 1. The molecule has 1 amide bonds. The van der Waals surface area contributed by atoms with Crippen molar-refractivity contribution in [3.05, 3.63) is 72.8 Å². The molecular formula is C24H23N3O4S2. The van der Waals surface area contributed by atoms with Crippen LogP contribution in [0.1, 0.15) is 6.92 Å². The molecule has 0 saturated carbocycles. The number of nitrogens with zero attached hydrogens (tertiary/aromatic N) is 2. The van der Waals surface area contributed by atoms with Crippen LogP contribution >= 0.6 is 11.8 Å². The van der Waals surface area contributed by atoms with Crippen molar-refractivity contribution < 1.29 is 17.9 Å². The van der Waals surface area contributed by atoms with Gasteiger partial charge in [0, 0.05) is 17.6 Å². The van der Waals surface area contributed by atoms with Gasteiger partial charge in [-0.3, -0.25) is 9.36 Å². The number of hydrogen-bond acceptors (Lipinski definition) is 6. The summed E-state index contributed by atoms with van der Waals surface area (Å²) in [4.78, 5) is 17.5. The van der Waals surface area contributed by atoms with Gasteiger partial charge in [-0.05, 0) is 67.6 Å². The van der Waals surface area contributed by atoms with Crippen molar-refractivity contribution in [2.24, 2.45) is 0 Å². The molecule has 0 unspecified atom stereocenters. The van der Waals surface area contributed by atoms with E-state index in [1.165, 1.54) is 23.9 Å². The van der Waals surface area contributed by atoms with E-state index in [2.05, 4.69) is 5.32 Å². The number of amides is 1. The molecule has 170 valence electrons. The van der Waals surface area contributed by atoms with Crippen molar-refractivity contribution in [2.45, 2.75) is 17.0 Å². The lowest BCUT2D eigenvalue weighted by molar-refractivity contribution is -0.113. The first-order valence-electron chi connectivity index (χ1n) is 10.3. The number of carbonyl (C=O) groups is 1. The van der Waals surface area contributed by atoms with Crippen LogP contribution in [0.15, 0.2) is 82.8 Å². The summed E-state index contributed by atoms with van der Waals surface area (Å²) < 4.78 is 30.7. The first-order valence-corrected chi connectivity index (χ1v) is 13.2. The molecule has 0 spiro atoms. The lowest BCUT2D eigenvalue weighted by Gasteiger charge is -2.11. The third kappa shape index (κ3) is 5.37. The number of imidazole rings is 1. The maximum atomic E-state index is 12.5. The maximum Gasteiger partial charge on any atom is 0.234 e. The van der Waals surface area contributed by atoms with E-state index in [1.54, 1.807) is 12.1 Å². The largest absolute Gasteiger partial charge is 0.494 e. The van der Waals surface area contributed by atoms with Gasteiger partial charge in [-0.25, -0.2) is 13.4 Å². The number of para-hydroxylation sites is 2. The molecule has 1 heterocycles. The second-order valence-corrected chi connectivity index (χ2v) is 10.2. The van der Waals surface area contributed by atoms with Crippen LogP contribution < -0.4 is 10.1 Å². The van der Waals surface area contributed by atoms with Gasteiger partial charge < -0.3 is 10.1 Å². The number of benzene rings is 3. The van der Waals surface area contributed by atoms with E-state index in [0.717, 1.165) is 28.7 Å². The van der Waals surface area contributed by atoms with Crippen molar-refractivity contribution in [2.75, 3.05) is 23.9 Å². The maximum absolute atomic E-state index is 12.5. The molecule has 0 fully saturated rings. The second kappa shape index (κ2) is 9.68. The molecule has 1 N–H and O–H groups in total. The minimum atomic E-state index is -3.28. The number of thioether (sulfide) groups is 1. The van der Waals surface area contributed by atoms with Gasteiger partial charge in [0.1, 0.15) is 5.75 Å². The highest BCUT2D eigenvalue weighted by molar-refractivity contribution is 7.99. The number of sulfone groups is 1. The molecule has 0 aliphatic rings. The Hall–Kier alpha value is -3.30. The van der Waals surface area contributed by atoms with Crippen molar-refractivity contribution in [3.63, 3.8) is 0 Å². The smallest absolute Gasteiger partial charge is 0.234 e. The molecule has 0 saturated heterocycles. The summed E-state index contributed by atoms with van der Waals surface area (Å²) in [5.74, 6) is 0.729. The van der Waals surface area contributed by atoms with Gasteiger partial charge in [0.25, 0.3) is 0 Å². The number of carbonyl (C=O) groups excluding carboxylic acids is 1. The second-order valence-electron chi connectivity index (χ2n) is 7.28. The average molecular weight is 482 g/mol. The number of anilines is 1. The Morgan fingerprint density at radius 1 is 1.03 bits per heavy atom. The highest BCUT2D eigenvalue weighted by atomic mass is 32.2. The predicted molar refractivity (Wildman–Crippen MR) is 131 cm³/mol. The fourth-order valence-electron chi connectivity index (χ4n) is 3.32. The summed E-state index contributed by atoms with van der Waals surface area (Å²) in [6.45, 7) is 2.54. The van der Waals surface area contributed by atoms with Crippen LogP contribution in [-0.4, -0.2) is 42.5 Å². The lowest BCUT2D eigenvalue weighted by Crippen LogP contribution is -2.14. The summed E-state index contributed by atoms with van der Waals surface area (Å²) in [5, 5.41) is 3.49. The molecule has 0 radical (unpaired) electrons. The Labute approximate surface area is 196 Å². The quantitative estimate of drug-likeness (QED) is 0.371. The molecule has 7 nitrogen and oxygen atoms in total. The van der Waals surface area contributed by atoms with E-state index >= 15 is 0 Å². The monoisotopic (exact) mass is 481 g/mol. The molecule has 0 aliphatic carbocycles. The number of aromatic nitrogens is 2. The number of rotatable bonds is 8. The Kier molecular flexibility index (Phi) is 6.71. The minimum absolute atomic E-state index is 0.147. The van der Waals surface area contributed by atoms with E-state index in [4.69, 9.17) is 9.72 Å². The summed E-state index contributed by atoms with van der Waals surface area (Å²) in [5.41, 5.74) is 3.24. The average Bonchev–Trinajstić information content (AvgIpc) is 3.17. The zero-order chi connectivity index (χ0) is 23.4. The molecule has 4 aromatic rings. The molecule has 0 atom stereocenters. The van der Waals surface area contributed by atoms with E-state index in [0.29, 0.717) is 17.5 Å².